The van der Waals surface area contributed by atoms with Crippen LogP contribution in [0.4, 0.5) is 0 Å². The van der Waals surface area contributed by atoms with E-state index >= 15 is 0 Å². The maximum absolute atomic E-state index is 13.4. The number of guanidine groups is 1. The van der Waals surface area contributed by atoms with Crippen LogP contribution in [-0.4, -0.2) is 38.9 Å². The van der Waals surface area contributed by atoms with E-state index in [1.807, 2.05) is 56.3 Å². The molecule has 0 radical (unpaired) electrons. The van der Waals surface area contributed by atoms with Crippen LogP contribution in [0.3, 0.4) is 0 Å². The molecule has 2 aliphatic carbocycles. The van der Waals surface area contributed by atoms with E-state index in [9.17, 15) is 14.7 Å². The molecule has 0 aromatic heterocycles. The minimum absolute atomic E-state index is 0.00952. The van der Waals surface area contributed by atoms with Crippen molar-refractivity contribution < 1.29 is 14.7 Å². The van der Waals surface area contributed by atoms with Crippen LogP contribution in [0.5, 0.6) is 0 Å². The standard InChI is InChI=1S/C29H36N4O3/c1-5-29(6-2)16-24(34)33(27(30)32-29)23-13-17(3)20-12-11-18(14-22(20)23)26(35)31-25-21-10-8-7-9-19(21)15-28(25,4)36/h7-12,14,17,23,25,36H,5-6,13,15-16H2,1-4H3,(H2,30,32)(H,31,35)/t17-,23-,25-,28-/m1/s1. The highest BCUT2D eigenvalue weighted by Gasteiger charge is 2.44. The quantitative estimate of drug-likeness (QED) is 0.588. The summed E-state index contributed by atoms with van der Waals surface area (Å²) in [6, 6.07) is 12.8. The number of carbonyl (C=O) groups is 2. The van der Waals surface area contributed by atoms with Crippen molar-refractivity contribution in [3.05, 3.63) is 70.3 Å². The van der Waals surface area contributed by atoms with Crippen molar-refractivity contribution in [3.8, 4) is 0 Å². The normalized spacial score (nSPS) is 28.5. The molecule has 4 N–H and O–H groups in total. The zero-order chi connectivity index (χ0) is 25.8. The molecule has 1 heterocycles. The number of aliphatic hydroxyl groups is 1. The minimum atomic E-state index is -1.07. The van der Waals surface area contributed by atoms with Gasteiger partial charge in [-0.15, -0.1) is 0 Å². The van der Waals surface area contributed by atoms with Gasteiger partial charge in [0.15, 0.2) is 5.96 Å². The Kier molecular flexibility index (Phi) is 5.94. The highest BCUT2D eigenvalue weighted by atomic mass is 16.3. The lowest BCUT2D eigenvalue weighted by molar-refractivity contribution is -0.131. The summed E-state index contributed by atoms with van der Waals surface area (Å²) in [4.78, 5) is 33.2. The number of carbonyl (C=O) groups excluding carboxylic acids is 2. The third-order valence-electron chi connectivity index (χ3n) is 8.60. The first-order valence-corrected chi connectivity index (χ1v) is 13.0. The van der Waals surface area contributed by atoms with Crippen molar-refractivity contribution in [1.82, 2.24) is 10.2 Å². The van der Waals surface area contributed by atoms with E-state index in [0.717, 1.165) is 41.5 Å². The zero-order valence-electron chi connectivity index (χ0n) is 21.5. The van der Waals surface area contributed by atoms with Crippen LogP contribution in [0.15, 0.2) is 47.5 Å². The van der Waals surface area contributed by atoms with Gasteiger partial charge >= 0.3 is 0 Å². The second-order valence-electron chi connectivity index (χ2n) is 11.0. The summed E-state index contributed by atoms with van der Waals surface area (Å²) in [7, 11) is 0. The summed E-state index contributed by atoms with van der Waals surface area (Å²) in [5, 5.41) is 14.1. The van der Waals surface area contributed by atoms with Crippen LogP contribution in [0.25, 0.3) is 0 Å². The summed E-state index contributed by atoms with van der Waals surface area (Å²) in [5.74, 6) is 0.244. The van der Waals surface area contributed by atoms with Crippen LogP contribution < -0.4 is 11.1 Å². The topological polar surface area (TPSA) is 108 Å². The number of rotatable bonds is 5. The van der Waals surface area contributed by atoms with E-state index in [1.165, 1.54) is 0 Å². The molecule has 36 heavy (non-hydrogen) atoms. The third kappa shape index (κ3) is 3.90. The Hall–Kier alpha value is -3.19. The Labute approximate surface area is 212 Å². The van der Waals surface area contributed by atoms with Gasteiger partial charge in [-0.25, -0.2) is 4.99 Å². The molecule has 4 atom stereocenters. The average Bonchev–Trinajstić information content (AvgIpc) is 3.30. The number of amides is 2. The Balaban J connectivity index is 1.45. The van der Waals surface area contributed by atoms with Gasteiger partial charge in [0.1, 0.15) is 0 Å². The Morgan fingerprint density at radius 2 is 1.86 bits per heavy atom. The van der Waals surface area contributed by atoms with Gasteiger partial charge in [-0.3, -0.25) is 14.5 Å². The van der Waals surface area contributed by atoms with E-state index in [2.05, 4.69) is 12.2 Å². The highest BCUT2D eigenvalue weighted by molar-refractivity contribution is 6.00. The molecule has 0 bridgehead atoms. The molecule has 1 aliphatic heterocycles. The molecule has 5 rings (SSSR count). The van der Waals surface area contributed by atoms with Crippen LogP contribution in [-0.2, 0) is 11.2 Å². The van der Waals surface area contributed by atoms with E-state index < -0.39 is 17.2 Å². The van der Waals surface area contributed by atoms with Crippen LogP contribution in [0.2, 0.25) is 0 Å². The van der Waals surface area contributed by atoms with Crippen molar-refractivity contribution in [2.75, 3.05) is 0 Å². The van der Waals surface area contributed by atoms with Gasteiger partial charge in [-0.1, -0.05) is 51.1 Å². The molecule has 2 amide bonds. The smallest absolute Gasteiger partial charge is 0.251 e. The van der Waals surface area contributed by atoms with Crippen molar-refractivity contribution in [3.63, 3.8) is 0 Å². The van der Waals surface area contributed by atoms with Crippen molar-refractivity contribution in [2.24, 2.45) is 10.7 Å². The summed E-state index contributed by atoms with van der Waals surface area (Å²) >= 11 is 0. The van der Waals surface area contributed by atoms with E-state index in [0.29, 0.717) is 18.4 Å². The van der Waals surface area contributed by atoms with Gasteiger partial charge < -0.3 is 16.2 Å². The highest BCUT2D eigenvalue weighted by Crippen LogP contribution is 2.46. The first-order chi connectivity index (χ1) is 17.1. The first kappa shape index (κ1) is 24.5. The number of fused-ring (bicyclic) bond motifs is 2. The maximum Gasteiger partial charge on any atom is 0.251 e. The fourth-order valence-corrected chi connectivity index (χ4v) is 6.36. The molecular weight excluding hydrogens is 452 g/mol. The molecule has 2 aromatic rings. The molecule has 0 saturated carbocycles. The number of hydrogen-bond donors (Lipinski definition) is 3. The number of hydrogen-bond acceptors (Lipinski definition) is 5. The molecule has 0 fully saturated rings. The maximum atomic E-state index is 13.4. The number of nitrogens with two attached hydrogens (primary N) is 1. The molecule has 0 unspecified atom stereocenters. The van der Waals surface area contributed by atoms with Crippen molar-refractivity contribution in [2.45, 2.75) is 88.9 Å². The van der Waals surface area contributed by atoms with Gasteiger partial charge in [0.25, 0.3) is 5.91 Å². The molecular formula is C29H36N4O3. The SMILES string of the molecule is CCC1(CC)CC(=O)N([C@@H]2C[C@@H](C)c3ccc(C(=O)N[C@@H]4c5ccccc5C[C@@]4(C)O)cc32)C(N)=N1. The summed E-state index contributed by atoms with van der Waals surface area (Å²) < 4.78 is 0. The van der Waals surface area contributed by atoms with E-state index in [1.54, 1.807) is 11.8 Å². The summed E-state index contributed by atoms with van der Waals surface area (Å²) in [6.45, 7) is 7.98. The average molecular weight is 489 g/mol. The molecule has 3 aliphatic rings. The predicted molar refractivity (Wildman–Crippen MR) is 140 cm³/mol. The monoisotopic (exact) mass is 488 g/mol. The number of nitrogens with one attached hydrogen (secondary N) is 1. The summed E-state index contributed by atoms with van der Waals surface area (Å²) in [6.07, 6.45) is 3.10. The van der Waals surface area contributed by atoms with Gasteiger partial charge in [0.05, 0.1) is 29.6 Å². The lowest BCUT2D eigenvalue weighted by Crippen LogP contribution is -2.52. The molecule has 2 aromatic carbocycles. The van der Waals surface area contributed by atoms with Gasteiger partial charge in [-0.2, -0.15) is 0 Å². The van der Waals surface area contributed by atoms with Crippen LogP contribution in [0, 0.1) is 0 Å². The lowest BCUT2D eigenvalue weighted by Gasteiger charge is -2.39. The second kappa shape index (κ2) is 8.73. The van der Waals surface area contributed by atoms with E-state index in [-0.39, 0.29) is 29.7 Å². The summed E-state index contributed by atoms with van der Waals surface area (Å²) in [5.41, 5.74) is 9.48. The Bertz CT molecular complexity index is 1250. The zero-order valence-corrected chi connectivity index (χ0v) is 21.5. The van der Waals surface area contributed by atoms with Crippen molar-refractivity contribution >= 4 is 17.8 Å². The number of aliphatic imine (C=N–C) groups is 1. The van der Waals surface area contributed by atoms with Crippen LogP contribution in [0.1, 0.15) is 104 Å². The number of benzene rings is 2. The van der Waals surface area contributed by atoms with Crippen LogP contribution >= 0.6 is 0 Å². The molecule has 0 saturated heterocycles. The predicted octanol–water partition coefficient (Wildman–Crippen LogP) is 4.12. The lowest BCUT2D eigenvalue weighted by atomic mass is 9.87. The second-order valence-corrected chi connectivity index (χ2v) is 11.0. The molecule has 7 nitrogen and oxygen atoms in total. The fraction of sp³-hybridized carbons (Fsp3) is 0.483. The molecule has 7 heteroatoms. The fourth-order valence-electron chi connectivity index (χ4n) is 6.36. The van der Waals surface area contributed by atoms with Gasteiger partial charge in [-0.05, 0) is 66.5 Å². The first-order valence-electron chi connectivity index (χ1n) is 13.0. The van der Waals surface area contributed by atoms with Gasteiger partial charge in [0, 0.05) is 12.0 Å². The minimum Gasteiger partial charge on any atom is -0.387 e. The number of nitrogens with zero attached hydrogens (tertiary/aromatic N) is 2. The van der Waals surface area contributed by atoms with E-state index in [4.69, 9.17) is 10.7 Å². The third-order valence-corrected chi connectivity index (χ3v) is 8.60. The molecule has 190 valence electrons. The Morgan fingerprint density at radius 3 is 2.56 bits per heavy atom. The molecule has 0 spiro atoms. The van der Waals surface area contributed by atoms with Gasteiger partial charge in [0.2, 0.25) is 5.91 Å². The van der Waals surface area contributed by atoms with Crippen molar-refractivity contribution in [1.29, 1.82) is 0 Å². The Morgan fingerprint density at radius 1 is 1.14 bits per heavy atom. The largest absolute Gasteiger partial charge is 0.387 e.